The fourth-order valence-corrected chi connectivity index (χ4v) is 3.03. The molecule has 8 heteroatoms. The third kappa shape index (κ3) is 6.44. The van der Waals surface area contributed by atoms with Crippen molar-refractivity contribution in [3.63, 3.8) is 0 Å². The molecule has 0 aliphatic heterocycles. The average Bonchev–Trinajstić information content (AvgIpc) is 2.76. The minimum atomic E-state index is -1.99. The Balaban J connectivity index is 2.31. The van der Waals surface area contributed by atoms with Crippen molar-refractivity contribution in [2.45, 2.75) is 39.9 Å². The van der Waals surface area contributed by atoms with Gasteiger partial charge in [0.2, 0.25) is 6.17 Å². The zero-order valence-corrected chi connectivity index (χ0v) is 19.1. The molecule has 1 amide bonds. The van der Waals surface area contributed by atoms with Crippen molar-refractivity contribution in [2.24, 2.45) is 11.3 Å². The molecule has 0 unspecified atom stereocenters. The summed E-state index contributed by atoms with van der Waals surface area (Å²) in [6, 6.07) is 11.9. The molecule has 3 atom stereocenters. The van der Waals surface area contributed by atoms with Gasteiger partial charge in [-0.15, -0.1) is 0 Å². The number of aryl methyl sites for hydroxylation is 1. The van der Waals surface area contributed by atoms with Gasteiger partial charge in [-0.3, -0.25) is 9.59 Å². The van der Waals surface area contributed by atoms with Gasteiger partial charge in [-0.1, -0.05) is 35.9 Å². The number of alkyl halides is 1. The second-order valence-electron chi connectivity index (χ2n) is 8.34. The molecule has 0 aromatic heterocycles. The predicted molar refractivity (Wildman–Crippen MR) is 119 cm³/mol. The molecule has 0 aliphatic rings. The lowest BCUT2D eigenvalue weighted by Gasteiger charge is -2.25. The molecule has 0 aliphatic carbocycles. The minimum Gasteiger partial charge on any atom is -0.492 e. The summed E-state index contributed by atoms with van der Waals surface area (Å²) in [5.74, 6) is -2.69. The average molecular weight is 461 g/mol. The van der Waals surface area contributed by atoms with Gasteiger partial charge < -0.3 is 15.2 Å². The number of carboxylic acids is 1. The first kappa shape index (κ1) is 25.2. The van der Waals surface area contributed by atoms with Crippen molar-refractivity contribution < 1.29 is 23.8 Å². The van der Waals surface area contributed by atoms with E-state index in [2.05, 4.69) is 11.4 Å². The number of amides is 1. The normalized spacial score (nSPS) is 14.0. The van der Waals surface area contributed by atoms with Crippen molar-refractivity contribution in [3.8, 4) is 11.8 Å². The van der Waals surface area contributed by atoms with Gasteiger partial charge in [0.25, 0.3) is 5.91 Å². The number of aliphatic carboxylic acids is 1. The summed E-state index contributed by atoms with van der Waals surface area (Å²) in [6.07, 6.45) is -1.99. The van der Waals surface area contributed by atoms with Crippen LogP contribution in [0.2, 0.25) is 5.02 Å². The van der Waals surface area contributed by atoms with E-state index in [0.717, 1.165) is 5.56 Å². The summed E-state index contributed by atoms with van der Waals surface area (Å²) in [4.78, 5) is 24.3. The summed E-state index contributed by atoms with van der Waals surface area (Å²) in [6.45, 7) is 6.84. The molecule has 2 rings (SSSR count). The van der Waals surface area contributed by atoms with E-state index in [1.165, 1.54) is 31.2 Å². The first-order valence-corrected chi connectivity index (χ1v) is 10.4. The second kappa shape index (κ2) is 10.5. The molecule has 0 saturated heterocycles. The van der Waals surface area contributed by atoms with Crippen LogP contribution >= 0.6 is 11.6 Å². The van der Waals surface area contributed by atoms with E-state index in [0.29, 0.717) is 16.3 Å². The SMILES string of the molecule is Cc1ccc([C@@H](NC(=O)[C@@H](F)c2ccc(Cl)cc2)[C@@H](C)C(=O)O)cc1OCC(C)(C)C#N. The smallest absolute Gasteiger partial charge is 0.308 e. The Morgan fingerprint density at radius 1 is 1.22 bits per heavy atom. The number of halogens is 2. The van der Waals surface area contributed by atoms with Crippen molar-refractivity contribution in [2.75, 3.05) is 6.61 Å². The minimum absolute atomic E-state index is 0.111. The molecule has 6 nitrogen and oxygen atoms in total. The lowest BCUT2D eigenvalue weighted by molar-refractivity contribution is -0.142. The van der Waals surface area contributed by atoms with E-state index in [4.69, 9.17) is 16.3 Å². The molecule has 0 heterocycles. The Hall–Kier alpha value is -3.11. The van der Waals surface area contributed by atoms with E-state index in [1.54, 1.807) is 32.0 Å². The second-order valence-corrected chi connectivity index (χ2v) is 8.77. The summed E-state index contributed by atoms with van der Waals surface area (Å²) < 4.78 is 20.6. The number of ether oxygens (including phenoxy) is 1. The lowest BCUT2D eigenvalue weighted by Crippen LogP contribution is -2.37. The third-order valence-corrected chi connectivity index (χ3v) is 5.29. The fraction of sp³-hybridized carbons (Fsp3) is 0.375. The van der Waals surface area contributed by atoms with Crippen LogP contribution in [0.3, 0.4) is 0 Å². The molecule has 0 saturated carbocycles. The van der Waals surface area contributed by atoms with Crippen molar-refractivity contribution in [1.29, 1.82) is 5.26 Å². The highest BCUT2D eigenvalue weighted by molar-refractivity contribution is 6.30. The standard InChI is InChI=1S/C24H26ClFN2O4/c1-14-5-6-17(11-19(14)32-13-24(3,4)12-27)21(15(2)23(30)31)28-22(29)20(26)16-7-9-18(25)10-8-16/h5-11,15,20-21H,13H2,1-4H3,(H,28,29)(H,30,31)/t15-,20+,21+/m1/s1. The summed E-state index contributed by atoms with van der Waals surface area (Å²) in [5.41, 5.74) is 0.622. The van der Waals surface area contributed by atoms with Gasteiger partial charge in [-0.05, 0) is 62.6 Å². The van der Waals surface area contributed by atoms with Crippen LogP contribution < -0.4 is 10.1 Å². The molecule has 32 heavy (non-hydrogen) atoms. The molecule has 0 radical (unpaired) electrons. The van der Waals surface area contributed by atoms with Gasteiger partial charge in [0.05, 0.1) is 23.4 Å². The molecule has 2 aromatic carbocycles. The van der Waals surface area contributed by atoms with Crippen LogP contribution in [0.1, 0.15) is 49.7 Å². The highest BCUT2D eigenvalue weighted by Gasteiger charge is 2.31. The van der Waals surface area contributed by atoms with E-state index in [9.17, 15) is 24.3 Å². The molecular weight excluding hydrogens is 435 g/mol. The van der Waals surface area contributed by atoms with Crippen molar-refractivity contribution in [3.05, 3.63) is 64.2 Å². The molecule has 2 N–H and O–H groups in total. The van der Waals surface area contributed by atoms with Crippen LogP contribution in [-0.4, -0.2) is 23.6 Å². The first-order valence-electron chi connectivity index (χ1n) is 10.0. The maximum absolute atomic E-state index is 14.8. The number of nitrogens with zero attached hydrogens (tertiary/aromatic N) is 1. The van der Waals surface area contributed by atoms with Gasteiger partial charge >= 0.3 is 5.97 Å². The number of benzene rings is 2. The Morgan fingerprint density at radius 3 is 2.38 bits per heavy atom. The molecule has 2 aromatic rings. The van der Waals surface area contributed by atoms with E-state index >= 15 is 0 Å². The Morgan fingerprint density at radius 2 is 1.81 bits per heavy atom. The number of carbonyl (C=O) groups excluding carboxylic acids is 1. The number of carboxylic acid groups (broad SMARTS) is 1. The quantitative estimate of drug-likeness (QED) is 0.538. The van der Waals surface area contributed by atoms with Gasteiger partial charge in [0.15, 0.2) is 0 Å². The summed E-state index contributed by atoms with van der Waals surface area (Å²) in [7, 11) is 0. The predicted octanol–water partition coefficient (Wildman–Crippen LogP) is 5.17. The van der Waals surface area contributed by atoms with Gasteiger partial charge in [0.1, 0.15) is 12.4 Å². The van der Waals surface area contributed by atoms with Crippen LogP contribution in [0, 0.1) is 29.6 Å². The monoisotopic (exact) mass is 460 g/mol. The molecule has 0 bridgehead atoms. The maximum atomic E-state index is 14.8. The molecular formula is C24H26ClFN2O4. The van der Waals surface area contributed by atoms with E-state index < -0.39 is 35.4 Å². The van der Waals surface area contributed by atoms with Crippen LogP contribution in [0.25, 0.3) is 0 Å². The number of nitrogens with one attached hydrogen (secondary N) is 1. The van der Waals surface area contributed by atoms with Crippen LogP contribution in [0.4, 0.5) is 4.39 Å². The van der Waals surface area contributed by atoms with Crippen LogP contribution in [0.5, 0.6) is 5.75 Å². The number of hydrogen-bond acceptors (Lipinski definition) is 4. The highest BCUT2D eigenvalue weighted by atomic mass is 35.5. The number of carbonyl (C=O) groups is 2. The third-order valence-electron chi connectivity index (χ3n) is 5.04. The number of rotatable bonds is 9. The van der Waals surface area contributed by atoms with Gasteiger partial charge in [-0.2, -0.15) is 5.26 Å². The number of hydrogen-bond donors (Lipinski definition) is 2. The van der Waals surface area contributed by atoms with Crippen LogP contribution in [-0.2, 0) is 9.59 Å². The van der Waals surface area contributed by atoms with Crippen LogP contribution in [0.15, 0.2) is 42.5 Å². The largest absolute Gasteiger partial charge is 0.492 e. The topological polar surface area (TPSA) is 99.4 Å². The highest BCUT2D eigenvalue weighted by Crippen LogP contribution is 2.30. The Labute approximate surface area is 192 Å². The lowest BCUT2D eigenvalue weighted by atomic mass is 9.93. The number of nitriles is 1. The molecule has 170 valence electrons. The zero-order chi connectivity index (χ0) is 24.1. The Kier molecular flexibility index (Phi) is 8.23. The zero-order valence-electron chi connectivity index (χ0n) is 18.4. The van der Waals surface area contributed by atoms with E-state index in [-0.39, 0.29) is 12.2 Å². The Bertz CT molecular complexity index is 1020. The van der Waals surface area contributed by atoms with Gasteiger partial charge in [-0.25, -0.2) is 4.39 Å². The summed E-state index contributed by atoms with van der Waals surface area (Å²) in [5, 5.41) is 21.7. The van der Waals surface area contributed by atoms with Crippen molar-refractivity contribution in [1.82, 2.24) is 5.32 Å². The molecule has 0 fully saturated rings. The van der Waals surface area contributed by atoms with E-state index in [1.807, 2.05) is 6.92 Å². The molecule has 0 spiro atoms. The van der Waals surface area contributed by atoms with Crippen molar-refractivity contribution >= 4 is 23.5 Å². The maximum Gasteiger partial charge on any atom is 0.308 e. The fourth-order valence-electron chi connectivity index (χ4n) is 2.91. The first-order chi connectivity index (χ1) is 14.9. The van der Waals surface area contributed by atoms with Gasteiger partial charge in [0, 0.05) is 5.02 Å². The summed E-state index contributed by atoms with van der Waals surface area (Å²) >= 11 is 5.81.